The van der Waals surface area contributed by atoms with Crippen molar-refractivity contribution in [1.29, 1.82) is 0 Å². The highest BCUT2D eigenvalue weighted by atomic mass is 19.2. The van der Waals surface area contributed by atoms with Crippen LogP contribution < -0.4 is 10.1 Å². The summed E-state index contributed by atoms with van der Waals surface area (Å²) in [6.45, 7) is 6.32. The number of likely N-dealkylation sites (tertiary alicyclic amines) is 1. The number of nitrogens with one attached hydrogen (secondary N) is 1. The van der Waals surface area contributed by atoms with Gasteiger partial charge in [-0.1, -0.05) is 38.1 Å². The molecule has 3 aromatic carbocycles. The average Bonchev–Trinajstić information content (AvgIpc) is 2.89. The molecule has 7 heteroatoms. The van der Waals surface area contributed by atoms with Gasteiger partial charge in [0.25, 0.3) is 0 Å². The average molecular weight is 511 g/mol. The van der Waals surface area contributed by atoms with Crippen LogP contribution in [0.1, 0.15) is 56.3 Å². The molecule has 0 radical (unpaired) electrons. The zero-order chi connectivity index (χ0) is 26.4. The molecule has 1 unspecified atom stereocenters. The van der Waals surface area contributed by atoms with Gasteiger partial charge in [-0.2, -0.15) is 0 Å². The van der Waals surface area contributed by atoms with E-state index < -0.39 is 17.7 Å². The molecule has 1 amide bonds. The number of halogens is 3. The molecule has 0 saturated carbocycles. The molecule has 1 heterocycles. The van der Waals surface area contributed by atoms with Crippen molar-refractivity contribution in [3.63, 3.8) is 0 Å². The summed E-state index contributed by atoms with van der Waals surface area (Å²) < 4.78 is 46.6. The third kappa shape index (κ3) is 7.35. The van der Waals surface area contributed by atoms with Gasteiger partial charge >= 0.3 is 0 Å². The number of carbonyl (C=O) groups is 1. The van der Waals surface area contributed by atoms with Crippen molar-refractivity contribution in [2.24, 2.45) is 5.92 Å². The molecule has 1 N–H and O–H groups in total. The van der Waals surface area contributed by atoms with Crippen molar-refractivity contribution in [2.45, 2.75) is 45.1 Å². The summed E-state index contributed by atoms with van der Waals surface area (Å²) >= 11 is 0. The lowest BCUT2D eigenvalue weighted by Gasteiger charge is -2.33. The molecule has 1 saturated heterocycles. The van der Waals surface area contributed by atoms with Crippen LogP contribution in [0.4, 0.5) is 18.9 Å². The number of nitrogens with zero attached hydrogens (tertiary/aromatic N) is 1. The summed E-state index contributed by atoms with van der Waals surface area (Å²) in [6.07, 6.45) is 2.18. The first-order valence-corrected chi connectivity index (χ1v) is 12.8. The summed E-state index contributed by atoms with van der Waals surface area (Å²) in [5, 5.41) is 2.98. The smallest absolute Gasteiger partial charge is 0.226 e. The van der Waals surface area contributed by atoms with Gasteiger partial charge in [-0.05, 0) is 79.4 Å². The van der Waals surface area contributed by atoms with Crippen molar-refractivity contribution in [2.75, 3.05) is 25.0 Å². The van der Waals surface area contributed by atoms with E-state index in [-0.39, 0.29) is 23.4 Å². The summed E-state index contributed by atoms with van der Waals surface area (Å²) in [4.78, 5) is 14.4. The van der Waals surface area contributed by atoms with Gasteiger partial charge in [0, 0.05) is 30.6 Å². The summed E-state index contributed by atoms with van der Waals surface area (Å²) in [5.74, 6) is -1.66. The quantitative estimate of drug-likeness (QED) is 0.334. The van der Waals surface area contributed by atoms with Crippen LogP contribution in [-0.2, 0) is 4.79 Å². The van der Waals surface area contributed by atoms with E-state index in [1.54, 1.807) is 12.1 Å². The van der Waals surface area contributed by atoms with Gasteiger partial charge in [0.1, 0.15) is 17.7 Å². The standard InChI is InChI=1S/C30H33F3N2O2/c1-20(2)30(36)34-25-5-3-4-23(18-25)21-12-15-35(16-13-21)17-14-29(22-6-8-24(31)9-7-22)37-26-10-11-27(32)28(33)19-26/h3-11,18-21,29H,12-17H2,1-2H3,(H,34,36). The fraction of sp³-hybridized carbons (Fsp3) is 0.367. The lowest BCUT2D eigenvalue weighted by atomic mass is 9.89. The Hall–Kier alpha value is -3.32. The molecule has 0 aliphatic carbocycles. The van der Waals surface area contributed by atoms with Crippen LogP contribution in [0, 0.1) is 23.4 Å². The van der Waals surface area contributed by atoms with Crippen LogP contribution >= 0.6 is 0 Å². The highest BCUT2D eigenvalue weighted by Gasteiger charge is 2.23. The Balaban J connectivity index is 1.36. The van der Waals surface area contributed by atoms with Gasteiger partial charge in [0.05, 0.1) is 0 Å². The molecular weight excluding hydrogens is 477 g/mol. The fourth-order valence-corrected chi connectivity index (χ4v) is 4.63. The van der Waals surface area contributed by atoms with Crippen molar-refractivity contribution in [1.82, 2.24) is 4.90 Å². The van der Waals surface area contributed by atoms with Gasteiger partial charge in [-0.3, -0.25) is 4.79 Å². The predicted octanol–water partition coefficient (Wildman–Crippen LogP) is 7.09. The number of hydrogen-bond donors (Lipinski definition) is 1. The number of benzene rings is 3. The van der Waals surface area contributed by atoms with Crippen LogP contribution in [-0.4, -0.2) is 30.4 Å². The van der Waals surface area contributed by atoms with Gasteiger partial charge in [0.15, 0.2) is 11.6 Å². The second kappa shape index (κ2) is 12.3. The third-order valence-corrected chi connectivity index (χ3v) is 6.86. The zero-order valence-corrected chi connectivity index (χ0v) is 21.2. The second-order valence-electron chi connectivity index (χ2n) is 9.91. The van der Waals surface area contributed by atoms with Crippen molar-refractivity contribution >= 4 is 11.6 Å². The van der Waals surface area contributed by atoms with E-state index in [2.05, 4.69) is 22.3 Å². The number of anilines is 1. The lowest BCUT2D eigenvalue weighted by molar-refractivity contribution is -0.118. The fourth-order valence-electron chi connectivity index (χ4n) is 4.63. The van der Waals surface area contributed by atoms with E-state index in [1.807, 2.05) is 26.0 Å². The van der Waals surface area contributed by atoms with E-state index in [9.17, 15) is 18.0 Å². The summed E-state index contributed by atoms with van der Waals surface area (Å²) in [6, 6.07) is 17.6. The first-order chi connectivity index (χ1) is 17.8. The van der Waals surface area contributed by atoms with Gasteiger partial charge in [0.2, 0.25) is 5.91 Å². The maximum atomic E-state index is 13.7. The van der Waals surface area contributed by atoms with Crippen LogP contribution in [0.15, 0.2) is 66.7 Å². The molecule has 4 nitrogen and oxygen atoms in total. The molecule has 196 valence electrons. The normalized spacial score (nSPS) is 15.5. The molecule has 3 aromatic rings. The summed E-state index contributed by atoms with van der Waals surface area (Å²) in [5.41, 5.74) is 2.84. The lowest BCUT2D eigenvalue weighted by Crippen LogP contribution is -2.34. The number of piperidine rings is 1. The van der Waals surface area contributed by atoms with Crippen LogP contribution in [0.3, 0.4) is 0 Å². The van der Waals surface area contributed by atoms with E-state index in [0.29, 0.717) is 12.3 Å². The van der Waals surface area contributed by atoms with Gasteiger partial charge < -0.3 is 15.0 Å². The minimum Gasteiger partial charge on any atom is -0.486 e. The Labute approximate surface area is 216 Å². The molecule has 37 heavy (non-hydrogen) atoms. The molecule has 1 fully saturated rings. The van der Waals surface area contributed by atoms with E-state index in [4.69, 9.17) is 4.74 Å². The van der Waals surface area contributed by atoms with Gasteiger partial charge in [-0.25, -0.2) is 13.2 Å². The molecule has 1 atom stereocenters. The van der Waals surface area contributed by atoms with Crippen LogP contribution in [0.5, 0.6) is 5.75 Å². The number of rotatable bonds is 9. The van der Waals surface area contributed by atoms with Crippen molar-refractivity contribution in [3.8, 4) is 5.75 Å². The monoisotopic (exact) mass is 510 g/mol. The molecule has 4 rings (SSSR count). The third-order valence-electron chi connectivity index (χ3n) is 6.86. The molecule has 0 spiro atoms. The van der Waals surface area contributed by atoms with E-state index >= 15 is 0 Å². The zero-order valence-electron chi connectivity index (χ0n) is 21.2. The largest absolute Gasteiger partial charge is 0.486 e. The van der Waals surface area contributed by atoms with E-state index in [1.165, 1.54) is 23.8 Å². The molecular formula is C30H33F3N2O2. The number of carbonyl (C=O) groups excluding carboxylic acids is 1. The Morgan fingerprint density at radius 3 is 2.38 bits per heavy atom. The predicted molar refractivity (Wildman–Crippen MR) is 139 cm³/mol. The Kier molecular flexibility index (Phi) is 8.87. The number of ether oxygens (including phenoxy) is 1. The summed E-state index contributed by atoms with van der Waals surface area (Å²) in [7, 11) is 0. The molecule has 1 aliphatic rings. The highest BCUT2D eigenvalue weighted by Crippen LogP contribution is 2.31. The maximum absolute atomic E-state index is 13.7. The first kappa shape index (κ1) is 26.7. The first-order valence-electron chi connectivity index (χ1n) is 12.8. The minimum atomic E-state index is -0.967. The highest BCUT2D eigenvalue weighted by molar-refractivity contribution is 5.92. The maximum Gasteiger partial charge on any atom is 0.226 e. The Bertz CT molecular complexity index is 1190. The van der Waals surface area contributed by atoms with Crippen molar-refractivity contribution in [3.05, 3.63) is 95.3 Å². The minimum absolute atomic E-state index is 0.00766. The Morgan fingerprint density at radius 1 is 0.973 bits per heavy atom. The van der Waals surface area contributed by atoms with E-state index in [0.717, 1.165) is 55.9 Å². The number of hydrogen-bond acceptors (Lipinski definition) is 3. The van der Waals surface area contributed by atoms with Crippen LogP contribution in [0.25, 0.3) is 0 Å². The topological polar surface area (TPSA) is 41.6 Å². The SMILES string of the molecule is CC(C)C(=O)Nc1cccc(C2CCN(CCC(Oc3ccc(F)c(F)c3)c3ccc(F)cc3)CC2)c1. The van der Waals surface area contributed by atoms with Gasteiger partial charge in [-0.15, -0.1) is 0 Å². The van der Waals surface area contributed by atoms with Crippen molar-refractivity contribution < 1.29 is 22.7 Å². The molecule has 1 aliphatic heterocycles. The second-order valence-corrected chi connectivity index (χ2v) is 9.91. The number of amides is 1. The molecule has 0 aromatic heterocycles. The van der Waals surface area contributed by atoms with Crippen LogP contribution in [0.2, 0.25) is 0 Å². The molecule has 0 bridgehead atoms. The Morgan fingerprint density at radius 2 is 1.70 bits per heavy atom.